The minimum Gasteiger partial charge on any atom is -0.388 e. The second-order valence-electron chi connectivity index (χ2n) is 5.83. The van der Waals surface area contributed by atoms with Crippen LogP contribution >= 0.6 is 0 Å². The largest absolute Gasteiger partial charge is 0.388 e. The van der Waals surface area contributed by atoms with Crippen molar-refractivity contribution in [1.82, 2.24) is 14.9 Å². The van der Waals surface area contributed by atoms with Crippen LogP contribution < -0.4 is 5.73 Å². The highest BCUT2D eigenvalue weighted by Gasteiger charge is 2.27. The summed E-state index contributed by atoms with van der Waals surface area (Å²) in [4.78, 5) is 10.9. The fourth-order valence-electron chi connectivity index (χ4n) is 3.11. The fourth-order valence-corrected chi connectivity index (χ4v) is 3.11. The van der Waals surface area contributed by atoms with Crippen LogP contribution in [0, 0.1) is 0 Å². The van der Waals surface area contributed by atoms with E-state index in [2.05, 4.69) is 14.9 Å². The average Bonchev–Trinajstić information content (AvgIpc) is 2.95. The minimum atomic E-state index is -0.423. The molecule has 3 N–H and O–H groups in total. The van der Waals surface area contributed by atoms with Crippen LogP contribution in [0.25, 0.3) is 0 Å². The normalized spacial score (nSPS) is 20.1. The smallest absolute Gasteiger partial charge is 0.144 e. The number of benzene rings is 1. The van der Waals surface area contributed by atoms with Gasteiger partial charge in [-0.3, -0.25) is 4.90 Å². The summed E-state index contributed by atoms with van der Waals surface area (Å²) < 4.78 is 0. The van der Waals surface area contributed by atoms with Crippen molar-refractivity contribution in [3.63, 3.8) is 0 Å². The Balaban J connectivity index is 1.63. The Kier molecular flexibility index (Phi) is 4.65. The molecule has 0 aliphatic carbocycles. The molecule has 2 aromatic rings. The second kappa shape index (κ2) is 6.85. The molecule has 22 heavy (non-hydrogen) atoms. The molecule has 1 aliphatic heterocycles. The van der Waals surface area contributed by atoms with E-state index in [1.165, 1.54) is 0 Å². The van der Waals surface area contributed by atoms with Crippen molar-refractivity contribution in [2.75, 3.05) is 12.3 Å². The lowest BCUT2D eigenvalue weighted by Crippen LogP contribution is -2.31. The molecule has 0 spiro atoms. The van der Waals surface area contributed by atoms with Gasteiger partial charge >= 0.3 is 0 Å². The maximum atomic E-state index is 10.4. The van der Waals surface area contributed by atoms with Crippen LogP contribution in [0.15, 0.2) is 42.6 Å². The van der Waals surface area contributed by atoms with Gasteiger partial charge in [-0.25, -0.2) is 9.97 Å². The lowest BCUT2D eigenvalue weighted by atomic mass is 10.0. The van der Waals surface area contributed by atoms with Gasteiger partial charge in [-0.2, -0.15) is 0 Å². The van der Waals surface area contributed by atoms with Gasteiger partial charge in [0.1, 0.15) is 11.6 Å². The molecule has 0 amide bonds. The Hall–Kier alpha value is -1.98. The van der Waals surface area contributed by atoms with E-state index in [4.69, 9.17) is 5.73 Å². The Morgan fingerprint density at radius 2 is 2.09 bits per heavy atom. The van der Waals surface area contributed by atoms with E-state index < -0.39 is 6.10 Å². The van der Waals surface area contributed by atoms with Gasteiger partial charge in [0.25, 0.3) is 0 Å². The standard InChI is InChI=1S/C17H22N4O/c18-16-8-9-19-17(20-16)12-21-10-4-7-14(21)11-15(22)13-5-2-1-3-6-13/h1-3,5-6,8-9,14-15,22H,4,7,10-12H2,(H2,18,19,20). The first-order valence-corrected chi connectivity index (χ1v) is 7.77. The molecule has 2 atom stereocenters. The van der Waals surface area contributed by atoms with Gasteiger partial charge in [-0.15, -0.1) is 0 Å². The van der Waals surface area contributed by atoms with Crippen LogP contribution in [0.1, 0.15) is 36.8 Å². The maximum Gasteiger partial charge on any atom is 0.144 e. The number of hydrogen-bond donors (Lipinski definition) is 2. The second-order valence-corrected chi connectivity index (χ2v) is 5.83. The van der Waals surface area contributed by atoms with Gasteiger partial charge < -0.3 is 10.8 Å². The quantitative estimate of drug-likeness (QED) is 0.884. The molecule has 3 rings (SSSR count). The topological polar surface area (TPSA) is 75.3 Å². The lowest BCUT2D eigenvalue weighted by molar-refractivity contribution is 0.117. The van der Waals surface area contributed by atoms with Crippen LogP contribution in [0.4, 0.5) is 5.82 Å². The van der Waals surface area contributed by atoms with Gasteiger partial charge in [-0.05, 0) is 37.4 Å². The minimum absolute atomic E-state index is 0.361. The number of likely N-dealkylation sites (tertiary alicyclic amines) is 1. The first-order chi connectivity index (χ1) is 10.7. The molecule has 5 heteroatoms. The number of hydrogen-bond acceptors (Lipinski definition) is 5. The van der Waals surface area contributed by atoms with Gasteiger partial charge in [-0.1, -0.05) is 30.3 Å². The highest BCUT2D eigenvalue weighted by molar-refractivity contribution is 5.25. The average molecular weight is 298 g/mol. The molecule has 1 saturated heterocycles. The van der Waals surface area contributed by atoms with E-state index >= 15 is 0 Å². The number of rotatable bonds is 5. The molecule has 2 unspecified atom stereocenters. The summed E-state index contributed by atoms with van der Waals surface area (Å²) in [5, 5.41) is 10.4. The number of nitrogens with zero attached hydrogens (tertiary/aromatic N) is 3. The Morgan fingerprint density at radius 1 is 1.27 bits per heavy atom. The lowest BCUT2D eigenvalue weighted by Gasteiger charge is -2.26. The van der Waals surface area contributed by atoms with Gasteiger partial charge in [0.05, 0.1) is 12.6 Å². The maximum absolute atomic E-state index is 10.4. The Labute approximate surface area is 130 Å². The van der Waals surface area contributed by atoms with Crippen LogP contribution in [0.5, 0.6) is 0 Å². The van der Waals surface area contributed by atoms with Crippen molar-refractivity contribution >= 4 is 5.82 Å². The molecule has 1 aliphatic rings. The number of aliphatic hydroxyl groups excluding tert-OH is 1. The predicted molar refractivity (Wildman–Crippen MR) is 85.9 cm³/mol. The molecule has 0 saturated carbocycles. The van der Waals surface area contributed by atoms with E-state index in [0.717, 1.165) is 37.2 Å². The third-order valence-electron chi connectivity index (χ3n) is 4.25. The summed E-state index contributed by atoms with van der Waals surface area (Å²) in [7, 11) is 0. The molecule has 5 nitrogen and oxygen atoms in total. The van der Waals surface area contributed by atoms with Crippen molar-refractivity contribution in [3.8, 4) is 0 Å². The van der Waals surface area contributed by atoms with Crippen molar-refractivity contribution in [2.24, 2.45) is 0 Å². The zero-order valence-corrected chi connectivity index (χ0v) is 12.6. The van der Waals surface area contributed by atoms with Crippen molar-refractivity contribution in [2.45, 2.75) is 38.0 Å². The van der Waals surface area contributed by atoms with E-state index in [-0.39, 0.29) is 0 Å². The molecule has 0 radical (unpaired) electrons. The molecule has 1 fully saturated rings. The van der Waals surface area contributed by atoms with Gasteiger partial charge in [0.2, 0.25) is 0 Å². The highest BCUT2D eigenvalue weighted by Crippen LogP contribution is 2.28. The van der Waals surface area contributed by atoms with Crippen LogP contribution in [0.2, 0.25) is 0 Å². The molecule has 0 bridgehead atoms. The Bertz CT molecular complexity index is 605. The van der Waals surface area contributed by atoms with Crippen molar-refractivity contribution in [1.29, 1.82) is 0 Å². The molecule has 116 valence electrons. The first kappa shape index (κ1) is 14.9. The molecule has 1 aromatic carbocycles. The van der Waals surface area contributed by atoms with Crippen LogP contribution in [-0.2, 0) is 6.54 Å². The summed E-state index contributed by atoms with van der Waals surface area (Å²) in [5.41, 5.74) is 6.70. The summed E-state index contributed by atoms with van der Waals surface area (Å²) >= 11 is 0. The molecule has 2 heterocycles. The summed E-state index contributed by atoms with van der Waals surface area (Å²) in [6.45, 7) is 1.71. The summed E-state index contributed by atoms with van der Waals surface area (Å²) in [6, 6.07) is 11.9. The number of nitrogen functional groups attached to an aromatic ring is 1. The van der Waals surface area contributed by atoms with E-state index in [0.29, 0.717) is 18.4 Å². The van der Waals surface area contributed by atoms with Crippen molar-refractivity contribution in [3.05, 3.63) is 54.0 Å². The number of nitrogens with two attached hydrogens (primary N) is 1. The number of anilines is 1. The van der Waals surface area contributed by atoms with E-state index in [9.17, 15) is 5.11 Å². The van der Waals surface area contributed by atoms with Gasteiger partial charge in [0.15, 0.2) is 0 Å². The van der Waals surface area contributed by atoms with E-state index in [1.807, 2.05) is 30.3 Å². The molecular formula is C17H22N4O. The molecule has 1 aromatic heterocycles. The number of aliphatic hydroxyl groups is 1. The van der Waals surface area contributed by atoms with E-state index in [1.54, 1.807) is 12.3 Å². The highest BCUT2D eigenvalue weighted by atomic mass is 16.3. The third kappa shape index (κ3) is 3.61. The monoisotopic (exact) mass is 298 g/mol. The number of aromatic nitrogens is 2. The predicted octanol–water partition coefficient (Wildman–Crippen LogP) is 2.15. The third-order valence-corrected chi connectivity index (χ3v) is 4.25. The fraction of sp³-hybridized carbons (Fsp3) is 0.412. The van der Waals surface area contributed by atoms with Crippen LogP contribution in [-0.4, -0.2) is 32.6 Å². The summed E-state index contributed by atoms with van der Waals surface area (Å²) in [6.07, 6.45) is 4.27. The van der Waals surface area contributed by atoms with Gasteiger partial charge in [0, 0.05) is 12.2 Å². The summed E-state index contributed by atoms with van der Waals surface area (Å²) in [5.74, 6) is 1.26. The zero-order valence-electron chi connectivity index (χ0n) is 12.6. The van der Waals surface area contributed by atoms with Crippen molar-refractivity contribution < 1.29 is 5.11 Å². The SMILES string of the molecule is Nc1ccnc(CN2CCCC2CC(O)c2ccccc2)n1. The van der Waals surface area contributed by atoms with Crippen LogP contribution in [0.3, 0.4) is 0 Å². The molecular weight excluding hydrogens is 276 g/mol. The zero-order chi connectivity index (χ0) is 15.4. The first-order valence-electron chi connectivity index (χ1n) is 7.77. The Morgan fingerprint density at radius 3 is 2.86 bits per heavy atom.